The standard InChI is InChI=1S/C20H14ClFN4O2/c21-14-5-1-13(2-6-14)19-9-16(26-28-19)11-23-20(27)18-10-17(24-25-18)12-3-7-15(22)8-4-12/h1-10H,11H2,(H,23,27)(H,24,25). The zero-order valence-electron chi connectivity index (χ0n) is 14.4. The molecule has 6 nitrogen and oxygen atoms in total. The number of benzene rings is 2. The Hall–Kier alpha value is -3.45. The van der Waals surface area contributed by atoms with Crippen LogP contribution in [-0.2, 0) is 6.54 Å². The van der Waals surface area contributed by atoms with Crippen molar-refractivity contribution in [1.29, 1.82) is 0 Å². The maximum absolute atomic E-state index is 13.0. The summed E-state index contributed by atoms with van der Waals surface area (Å²) in [5.74, 6) is -0.0826. The highest BCUT2D eigenvalue weighted by molar-refractivity contribution is 6.30. The number of aromatic nitrogens is 3. The van der Waals surface area contributed by atoms with E-state index in [0.717, 1.165) is 5.56 Å². The molecule has 2 heterocycles. The first-order valence-corrected chi connectivity index (χ1v) is 8.77. The zero-order chi connectivity index (χ0) is 19.5. The van der Waals surface area contributed by atoms with Gasteiger partial charge in [0.05, 0.1) is 12.2 Å². The molecule has 2 N–H and O–H groups in total. The van der Waals surface area contributed by atoms with E-state index in [1.54, 1.807) is 36.4 Å². The smallest absolute Gasteiger partial charge is 0.269 e. The summed E-state index contributed by atoms with van der Waals surface area (Å²) in [7, 11) is 0. The average molecular weight is 397 g/mol. The van der Waals surface area contributed by atoms with Crippen LogP contribution in [0, 0.1) is 5.82 Å². The van der Waals surface area contributed by atoms with Gasteiger partial charge < -0.3 is 9.84 Å². The second kappa shape index (κ2) is 7.66. The summed E-state index contributed by atoms with van der Waals surface area (Å²) in [6.45, 7) is 0.195. The van der Waals surface area contributed by atoms with Crippen molar-refractivity contribution in [1.82, 2.24) is 20.7 Å². The maximum atomic E-state index is 13.0. The van der Waals surface area contributed by atoms with Crippen LogP contribution < -0.4 is 5.32 Å². The molecule has 0 fully saturated rings. The first-order valence-electron chi connectivity index (χ1n) is 8.39. The van der Waals surface area contributed by atoms with E-state index in [4.69, 9.17) is 16.1 Å². The van der Waals surface area contributed by atoms with Crippen LogP contribution in [0.25, 0.3) is 22.6 Å². The fourth-order valence-corrected chi connectivity index (χ4v) is 2.74. The lowest BCUT2D eigenvalue weighted by Crippen LogP contribution is -2.23. The molecular formula is C20H14ClFN4O2. The summed E-state index contributed by atoms with van der Waals surface area (Å²) >= 11 is 5.88. The molecule has 4 rings (SSSR count). The lowest BCUT2D eigenvalue weighted by molar-refractivity contribution is 0.0945. The van der Waals surface area contributed by atoms with Crippen LogP contribution in [0.1, 0.15) is 16.2 Å². The maximum Gasteiger partial charge on any atom is 0.269 e. The number of hydrogen-bond acceptors (Lipinski definition) is 4. The minimum Gasteiger partial charge on any atom is -0.356 e. The highest BCUT2D eigenvalue weighted by Gasteiger charge is 2.13. The molecule has 0 unspecified atom stereocenters. The Kier molecular flexibility index (Phi) is 4.90. The Labute approximate surface area is 164 Å². The van der Waals surface area contributed by atoms with Crippen LogP contribution in [-0.4, -0.2) is 21.3 Å². The molecule has 4 aromatic rings. The van der Waals surface area contributed by atoms with Gasteiger partial charge in [-0.1, -0.05) is 16.8 Å². The van der Waals surface area contributed by atoms with Gasteiger partial charge in [0.2, 0.25) is 0 Å². The predicted octanol–water partition coefficient (Wildman–Crippen LogP) is 4.45. The third-order valence-electron chi connectivity index (χ3n) is 4.08. The average Bonchev–Trinajstić information content (AvgIpc) is 3.37. The highest BCUT2D eigenvalue weighted by Crippen LogP contribution is 2.22. The summed E-state index contributed by atoms with van der Waals surface area (Å²) < 4.78 is 18.3. The Morgan fingerprint density at radius 3 is 2.54 bits per heavy atom. The van der Waals surface area contributed by atoms with E-state index in [1.165, 1.54) is 12.1 Å². The van der Waals surface area contributed by atoms with Crippen molar-refractivity contribution >= 4 is 17.5 Å². The lowest BCUT2D eigenvalue weighted by Gasteiger charge is -1.99. The lowest BCUT2D eigenvalue weighted by atomic mass is 10.1. The van der Waals surface area contributed by atoms with Gasteiger partial charge in [-0.15, -0.1) is 0 Å². The van der Waals surface area contributed by atoms with E-state index in [0.29, 0.717) is 33.4 Å². The van der Waals surface area contributed by atoms with Crippen molar-refractivity contribution in [3.8, 4) is 22.6 Å². The Morgan fingerprint density at radius 1 is 1.07 bits per heavy atom. The highest BCUT2D eigenvalue weighted by atomic mass is 35.5. The van der Waals surface area contributed by atoms with Gasteiger partial charge in [0.25, 0.3) is 5.91 Å². The molecule has 0 aliphatic rings. The van der Waals surface area contributed by atoms with Crippen molar-refractivity contribution in [2.24, 2.45) is 0 Å². The largest absolute Gasteiger partial charge is 0.356 e. The minimum atomic E-state index is -0.336. The summed E-state index contributed by atoms with van der Waals surface area (Å²) in [5.41, 5.74) is 2.97. The number of aromatic amines is 1. The van der Waals surface area contributed by atoms with Gasteiger partial charge in [0, 0.05) is 22.2 Å². The van der Waals surface area contributed by atoms with Gasteiger partial charge in [-0.25, -0.2) is 4.39 Å². The third-order valence-corrected chi connectivity index (χ3v) is 4.33. The van der Waals surface area contributed by atoms with Crippen LogP contribution in [0.15, 0.2) is 65.2 Å². The first kappa shape index (κ1) is 17.9. The van der Waals surface area contributed by atoms with Crippen molar-refractivity contribution in [2.45, 2.75) is 6.54 Å². The van der Waals surface area contributed by atoms with E-state index >= 15 is 0 Å². The van der Waals surface area contributed by atoms with Gasteiger partial charge in [-0.3, -0.25) is 9.89 Å². The number of hydrogen-bond donors (Lipinski definition) is 2. The second-order valence-corrected chi connectivity index (χ2v) is 6.48. The molecule has 0 spiro atoms. The van der Waals surface area contributed by atoms with Gasteiger partial charge in [-0.05, 0) is 54.6 Å². The molecule has 8 heteroatoms. The molecule has 0 aliphatic heterocycles. The van der Waals surface area contributed by atoms with E-state index in [2.05, 4.69) is 20.7 Å². The van der Waals surface area contributed by atoms with Crippen molar-refractivity contribution in [3.05, 3.63) is 82.9 Å². The predicted molar refractivity (Wildman–Crippen MR) is 102 cm³/mol. The molecule has 0 saturated heterocycles. The fourth-order valence-electron chi connectivity index (χ4n) is 2.62. The number of nitrogens with one attached hydrogen (secondary N) is 2. The van der Waals surface area contributed by atoms with Gasteiger partial charge in [0.1, 0.15) is 17.2 Å². The fraction of sp³-hybridized carbons (Fsp3) is 0.0500. The molecule has 0 radical (unpaired) electrons. The first-order chi connectivity index (χ1) is 13.6. The van der Waals surface area contributed by atoms with E-state index < -0.39 is 0 Å². The molecule has 140 valence electrons. The summed E-state index contributed by atoms with van der Waals surface area (Å²) in [4.78, 5) is 12.3. The van der Waals surface area contributed by atoms with E-state index in [-0.39, 0.29) is 18.3 Å². The number of nitrogens with zero attached hydrogens (tertiary/aromatic N) is 2. The number of rotatable bonds is 5. The summed E-state index contributed by atoms with van der Waals surface area (Å²) in [6, 6.07) is 16.4. The molecule has 2 aromatic heterocycles. The normalized spacial score (nSPS) is 10.8. The van der Waals surface area contributed by atoms with Crippen molar-refractivity contribution in [3.63, 3.8) is 0 Å². The number of carbonyl (C=O) groups is 1. The van der Waals surface area contributed by atoms with Crippen LogP contribution in [0.5, 0.6) is 0 Å². The van der Waals surface area contributed by atoms with Gasteiger partial charge in [-0.2, -0.15) is 5.10 Å². The molecule has 28 heavy (non-hydrogen) atoms. The Morgan fingerprint density at radius 2 is 1.79 bits per heavy atom. The molecule has 0 bridgehead atoms. The zero-order valence-corrected chi connectivity index (χ0v) is 15.2. The molecule has 0 saturated carbocycles. The van der Waals surface area contributed by atoms with Crippen molar-refractivity contribution in [2.75, 3.05) is 0 Å². The topological polar surface area (TPSA) is 83.8 Å². The SMILES string of the molecule is O=C(NCc1cc(-c2ccc(Cl)cc2)on1)c1cc(-c2ccc(F)cc2)n[nH]1. The van der Waals surface area contributed by atoms with Gasteiger partial charge in [0.15, 0.2) is 5.76 Å². The van der Waals surface area contributed by atoms with Crippen LogP contribution in [0.3, 0.4) is 0 Å². The van der Waals surface area contributed by atoms with Gasteiger partial charge >= 0.3 is 0 Å². The Bertz CT molecular complexity index is 1100. The summed E-state index contributed by atoms with van der Waals surface area (Å²) in [5, 5.41) is 14.1. The minimum absolute atomic E-state index is 0.195. The number of amides is 1. The second-order valence-electron chi connectivity index (χ2n) is 6.05. The van der Waals surface area contributed by atoms with E-state index in [1.807, 2.05) is 12.1 Å². The summed E-state index contributed by atoms with van der Waals surface area (Å²) in [6.07, 6.45) is 0. The number of H-pyrrole nitrogens is 1. The van der Waals surface area contributed by atoms with Crippen LogP contribution in [0.2, 0.25) is 5.02 Å². The van der Waals surface area contributed by atoms with Crippen molar-refractivity contribution < 1.29 is 13.7 Å². The molecule has 1 amide bonds. The number of halogens is 2. The molecule has 2 aromatic carbocycles. The quantitative estimate of drug-likeness (QED) is 0.522. The molecular weight excluding hydrogens is 383 g/mol. The van der Waals surface area contributed by atoms with Crippen LogP contribution in [0.4, 0.5) is 4.39 Å². The van der Waals surface area contributed by atoms with E-state index in [9.17, 15) is 9.18 Å². The molecule has 0 aliphatic carbocycles. The monoisotopic (exact) mass is 396 g/mol. The third kappa shape index (κ3) is 3.94. The van der Waals surface area contributed by atoms with Crippen LogP contribution >= 0.6 is 11.6 Å². The molecule has 0 atom stereocenters. The Balaban J connectivity index is 1.40. The number of carbonyl (C=O) groups excluding carboxylic acids is 1.